The molecule has 8 nitrogen and oxygen atoms in total. The summed E-state index contributed by atoms with van der Waals surface area (Å²) in [5.41, 5.74) is 0. The van der Waals surface area contributed by atoms with E-state index in [1.165, 1.54) is 30.2 Å². The van der Waals surface area contributed by atoms with Gasteiger partial charge in [0.1, 0.15) is 16.5 Å². The maximum Gasteiger partial charge on any atom is 0.244 e. The second kappa shape index (κ2) is 9.40. The molecule has 10 heteroatoms. The number of furan rings is 1. The molecule has 1 saturated heterocycles. The molecule has 1 fully saturated rings. The Hall–Kier alpha value is -2.72. The van der Waals surface area contributed by atoms with Crippen LogP contribution in [0.25, 0.3) is 0 Å². The second-order valence-corrected chi connectivity index (χ2v) is 8.85. The second-order valence-electron chi connectivity index (χ2n) is 7.17. The van der Waals surface area contributed by atoms with Gasteiger partial charge in [0.15, 0.2) is 0 Å². The minimum Gasteiger partial charge on any atom is -0.467 e. The van der Waals surface area contributed by atoms with E-state index in [1.54, 1.807) is 12.1 Å². The Morgan fingerprint density at radius 1 is 1.20 bits per heavy atom. The summed E-state index contributed by atoms with van der Waals surface area (Å²) in [5, 5.41) is 2.81. The fourth-order valence-electron chi connectivity index (χ4n) is 3.38. The summed E-state index contributed by atoms with van der Waals surface area (Å²) in [6.45, 7) is 2.40. The Balaban J connectivity index is 1.50. The quantitative estimate of drug-likeness (QED) is 0.685. The Morgan fingerprint density at radius 2 is 1.90 bits per heavy atom. The summed E-state index contributed by atoms with van der Waals surface area (Å²) < 4.78 is 46.0. The number of benzene rings is 1. The number of hydrogen-bond donors (Lipinski definition) is 2. The van der Waals surface area contributed by atoms with Crippen molar-refractivity contribution in [2.75, 3.05) is 13.1 Å². The van der Waals surface area contributed by atoms with E-state index in [0.717, 1.165) is 12.1 Å². The van der Waals surface area contributed by atoms with Crippen molar-refractivity contribution in [3.05, 3.63) is 54.2 Å². The average Bonchev–Trinajstić information content (AvgIpc) is 3.25. The number of nitrogens with one attached hydrogen (secondary N) is 2. The van der Waals surface area contributed by atoms with Crippen LogP contribution in [0.3, 0.4) is 0 Å². The van der Waals surface area contributed by atoms with Crippen LogP contribution in [0, 0.1) is 11.7 Å². The smallest absolute Gasteiger partial charge is 0.244 e. The van der Waals surface area contributed by atoms with E-state index in [4.69, 9.17) is 4.42 Å². The number of halogens is 1. The Morgan fingerprint density at radius 3 is 2.53 bits per heavy atom. The van der Waals surface area contributed by atoms with Gasteiger partial charge >= 0.3 is 0 Å². The number of nitrogens with zero attached hydrogens (tertiary/aromatic N) is 1. The van der Waals surface area contributed by atoms with Crippen molar-refractivity contribution in [1.82, 2.24) is 14.9 Å². The van der Waals surface area contributed by atoms with E-state index in [9.17, 15) is 22.4 Å². The van der Waals surface area contributed by atoms with Gasteiger partial charge in [0.05, 0.1) is 18.8 Å². The predicted octanol–water partition coefficient (Wildman–Crippen LogP) is 1.64. The van der Waals surface area contributed by atoms with Gasteiger partial charge < -0.3 is 14.6 Å². The lowest BCUT2D eigenvalue weighted by molar-refractivity contribution is -0.136. The lowest BCUT2D eigenvalue weighted by Crippen LogP contribution is -2.50. The molecule has 30 heavy (non-hydrogen) atoms. The van der Waals surface area contributed by atoms with Gasteiger partial charge in [-0.15, -0.1) is 0 Å². The maximum absolute atomic E-state index is 13.8. The SMILES string of the molecule is C[C@H](NS(=O)(=O)c1ccccc1F)C(=O)N1CCC(C(=O)NCc2ccco2)CC1. The lowest BCUT2D eigenvalue weighted by Gasteiger charge is -2.33. The van der Waals surface area contributed by atoms with E-state index < -0.39 is 32.7 Å². The number of piperidine rings is 1. The fourth-order valence-corrected chi connectivity index (χ4v) is 4.65. The van der Waals surface area contributed by atoms with Crippen molar-refractivity contribution in [3.63, 3.8) is 0 Å². The van der Waals surface area contributed by atoms with Crippen molar-refractivity contribution in [1.29, 1.82) is 0 Å². The number of amides is 2. The molecule has 1 aromatic carbocycles. The van der Waals surface area contributed by atoms with Crippen molar-refractivity contribution < 1.29 is 26.8 Å². The van der Waals surface area contributed by atoms with Crippen LogP contribution in [0.4, 0.5) is 4.39 Å². The molecule has 3 rings (SSSR count). The van der Waals surface area contributed by atoms with Gasteiger partial charge in [0.25, 0.3) is 0 Å². The number of sulfonamides is 1. The Bertz CT molecular complexity index is 986. The van der Waals surface area contributed by atoms with Gasteiger partial charge in [-0.25, -0.2) is 12.8 Å². The van der Waals surface area contributed by atoms with Gasteiger partial charge in [0, 0.05) is 19.0 Å². The molecule has 0 bridgehead atoms. The number of hydrogen-bond acceptors (Lipinski definition) is 5. The number of rotatable bonds is 7. The van der Waals surface area contributed by atoms with Gasteiger partial charge in [-0.3, -0.25) is 9.59 Å². The lowest BCUT2D eigenvalue weighted by atomic mass is 9.95. The van der Waals surface area contributed by atoms with E-state index in [0.29, 0.717) is 38.2 Å². The van der Waals surface area contributed by atoms with Crippen LogP contribution in [0.1, 0.15) is 25.5 Å². The van der Waals surface area contributed by atoms with Crippen LogP contribution in [0.5, 0.6) is 0 Å². The first-order valence-corrected chi connectivity index (χ1v) is 11.1. The molecule has 1 atom stereocenters. The predicted molar refractivity (Wildman–Crippen MR) is 106 cm³/mol. The van der Waals surface area contributed by atoms with Crippen molar-refractivity contribution in [2.45, 2.75) is 37.2 Å². The molecule has 0 spiro atoms. The van der Waals surface area contributed by atoms with Crippen molar-refractivity contribution in [2.24, 2.45) is 5.92 Å². The molecule has 2 heterocycles. The van der Waals surface area contributed by atoms with Gasteiger partial charge in [0.2, 0.25) is 21.8 Å². The molecule has 2 aromatic rings. The molecule has 1 aliphatic rings. The first kappa shape index (κ1) is 22.0. The summed E-state index contributed by atoms with van der Waals surface area (Å²) in [5.74, 6) is -0.969. The highest BCUT2D eigenvalue weighted by molar-refractivity contribution is 7.89. The molecule has 162 valence electrons. The summed E-state index contributed by atoms with van der Waals surface area (Å²) in [6.07, 6.45) is 2.48. The van der Waals surface area contributed by atoms with Crippen LogP contribution in [0.2, 0.25) is 0 Å². The molecule has 0 unspecified atom stereocenters. The summed E-state index contributed by atoms with van der Waals surface area (Å²) in [7, 11) is -4.17. The monoisotopic (exact) mass is 437 g/mol. The minimum atomic E-state index is -4.17. The summed E-state index contributed by atoms with van der Waals surface area (Å²) in [6, 6.07) is 7.44. The van der Waals surface area contributed by atoms with E-state index in [2.05, 4.69) is 10.0 Å². The van der Waals surface area contributed by atoms with Gasteiger partial charge in [-0.05, 0) is 44.0 Å². The normalized spacial score (nSPS) is 16.3. The van der Waals surface area contributed by atoms with Crippen LogP contribution >= 0.6 is 0 Å². The van der Waals surface area contributed by atoms with Crippen LogP contribution in [-0.4, -0.2) is 44.3 Å². The van der Waals surface area contributed by atoms with E-state index in [1.807, 2.05) is 0 Å². The average molecular weight is 437 g/mol. The Labute approximate surface area is 174 Å². The first-order valence-electron chi connectivity index (χ1n) is 9.63. The largest absolute Gasteiger partial charge is 0.467 e. The Kier molecular flexibility index (Phi) is 6.88. The van der Waals surface area contributed by atoms with E-state index in [-0.39, 0.29) is 11.8 Å². The zero-order valence-corrected chi connectivity index (χ0v) is 17.3. The van der Waals surface area contributed by atoms with Gasteiger partial charge in [-0.2, -0.15) is 4.72 Å². The zero-order chi connectivity index (χ0) is 21.7. The molecule has 0 radical (unpaired) electrons. The van der Waals surface area contributed by atoms with Crippen molar-refractivity contribution in [3.8, 4) is 0 Å². The molecule has 2 N–H and O–H groups in total. The number of likely N-dealkylation sites (tertiary alicyclic amines) is 1. The first-order chi connectivity index (χ1) is 14.3. The van der Waals surface area contributed by atoms with Crippen LogP contribution in [0.15, 0.2) is 52.0 Å². The highest BCUT2D eigenvalue weighted by Gasteiger charge is 2.31. The molecule has 1 aliphatic heterocycles. The molecule has 2 amide bonds. The summed E-state index contributed by atoms with van der Waals surface area (Å²) >= 11 is 0. The van der Waals surface area contributed by atoms with E-state index >= 15 is 0 Å². The maximum atomic E-state index is 13.8. The zero-order valence-electron chi connectivity index (χ0n) is 16.5. The highest BCUT2D eigenvalue weighted by atomic mass is 32.2. The van der Waals surface area contributed by atoms with Crippen LogP contribution < -0.4 is 10.0 Å². The topological polar surface area (TPSA) is 109 Å². The standard InChI is InChI=1S/C20H24FN3O5S/c1-14(23-30(27,28)18-7-3-2-6-17(18)21)20(26)24-10-8-15(9-11-24)19(25)22-13-16-5-4-12-29-16/h2-7,12,14-15,23H,8-11,13H2,1H3,(H,22,25)/t14-/m0/s1. The molecular formula is C20H24FN3O5S. The number of carbonyl (C=O) groups excluding carboxylic acids is 2. The summed E-state index contributed by atoms with van der Waals surface area (Å²) in [4.78, 5) is 26.0. The third-order valence-electron chi connectivity index (χ3n) is 5.02. The van der Waals surface area contributed by atoms with Crippen molar-refractivity contribution >= 4 is 21.8 Å². The number of carbonyl (C=O) groups is 2. The van der Waals surface area contributed by atoms with Crippen LogP contribution in [-0.2, 0) is 26.2 Å². The molecule has 1 aromatic heterocycles. The molecule has 0 saturated carbocycles. The third-order valence-corrected chi connectivity index (χ3v) is 6.60. The third kappa shape index (κ3) is 5.25. The highest BCUT2D eigenvalue weighted by Crippen LogP contribution is 2.19. The fraction of sp³-hybridized carbons (Fsp3) is 0.400. The molecule has 0 aliphatic carbocycles. The van der Waals surface area contributed by atoms with Gasteiger partial charge in [-0.1, -0.05) is 12.1 Å². The molecular weight excluding hydrogens is 413 g/mol. The minimum absolute atomic E-state index is 0.105.